The minimum absolute atomic E-state index is 0.373. The maximum Gasteiger partial charge on any atom is 0.241 e. The van der Waals surface area contributed by atoms with E-state index in [1.54, 1.807) is 0 Å². The van der Waals surface area contributed by atoms with Gasteiger partial charge >= 0.3 is 0 Å². The van der Waals surface area contributed by atoms with Gasteiger partial charge in [-0.3, -0.25) is 0 Å². The highest BCUT2D eigenvalue weighted by atomic mass is 28.4. The van der Waals surface area contributed by atoms with Crippen LogP contribution in [0.3, 0.4) is 0 Å². The lowest BCUT2D eigenvalue weighted by Crippen LogP contribution is -2.25. The second kappa shape index (κ2) is 5.43. The summed E-state index contributed by atoms with van der Waals surface area (Å²) in [6.07, 6.45) is 8.07. The zero-order valence-corrected chi connectivity index (χ0v) is 13.2. The molecule has 1 nitrogen and oxygen atoms in total. The molecule has 0 aromatic rings. The van der Waals surface area contributed by atoms with Gasteiger partial charge in [0.25, 0.3) is 0 Å². The molecule has 1 rings (SSSR count). The molecule has 17 heavy (non-hydrogen) atoms. The molecule has 0 radical (unpaired) electrons. The van der Waals surface area contributed by atoms with Gasteiger partial charge in [-0.2, -0.15) is 0 Å². The highest BCUT2D eigenvalue weighted by molar-refractivity contribution is 6.70. The van der Waals surface area contributed by atoms with Crippen molar-refractivity contribution in [2.75, 3.05) is 0 Å². The van der Waals surface area contributed by atoms with Crippen LogP contribution in [0.5, 0.6) is 0 Å². The van der Waals surface area contributed by atoms with Crippen LogP contribution in [0, 0.1) is 5.41 Å². The Labute approximate surface area is 108 Å². The Morgan fingerprint density at radius 2 is 2.06 bits per heavy atom. The summed E-state index contributed by atoms with van der Waals surface area (Å²) in [6.45, 7) is 15.3. The van der Waals surface area contributed by atoms with E-state index in [1.165, 1.54) is 30.6 Å². The van der Waals surface area contributed by atoms with E-state index in [0.29, 0.717) is 5.41 Å². The minimum Gasteiger partial charge on any atom is -0.547 e. The van der Waals surface area contributed by atoms with Crippen LogP contribution in [-0.2, 0) is 4.43 Å². The standard InChI is InChI=1S/C15H28OSi/c1-7-8-9-11-15(3)12-10-14(13(15)2)16-17(4,5)6/h7H,1,8-12H2,2-6H3. The maximum absolute atomic E-state index is 6.21. The average molecular weight is 252 g/mol. The Bertz CT molecular complexity index is 311. The third-order valence-corrected chi connectivity index (χ3v) is 4.65. The second-order valence-electron chi connectivity index (χ2n) is 6.50. The van der Waals surface area contributed by atoms with Crippen LogP contribution >= 0.6 is 0 Å². The number of unbranched alkanes of at least 4 members (excludes halogenated alkanes) is 1. The number of hydrogen-bond donors (Lipinski definition) is 0. The predicted octanol–water partition coefficient (Wildman–Crippen LogP) is 5.27. The summed E-state index contributed by atoms with van der Waals surface area (Å²) < 4.78 is 6.21. The second-order valence-corrected chi connectivity index (χ2v) is 10.9. The van der Waals surface area contributed by atoms with E-state index in [0.717, 1.165) is 12.8 Å². The summed E-state index contributed by atoms with van der Waals surface area (Å²) in [4.78, 5) is 0. The molecule has 0 N–H and O–H groups in total. The van der Waals surface area contributed by atoms with E-state index >= 15 is 0 Å². The highest BCUT2D eigenvalue weighted by Crippen LogP contribution is 2.46. The molecular formula is C15H28OSi. The Morgan fingerprint density at radius 1 is 1.41 bits per heavy atom. The summed E-state index contributed by atoms with van der Waals surface area (Å²) in [5.41, 5.74) is 1.88. The van der Waals surface area contributed by atoms with Gasteiger partial charge in [0.1, 0.15) is 0 Å². The lowest BCUT2D eigenvalue weighted by molar-refractivity contribution is 0.352. The van der Waals surface area contributed by atoms with Gasteiger partial charge < -0.3 is 4.43 Å². The topological polar surface area (TPSA) is 9.23 Å². The van der Waals surface area contributed by atoms with Crippen LogP contribution in [-0.4, -0.2) is 8.32 Å². The Kier molecular flexibility index (Phi) is 4.65. The first kappa shape index (κ1) is 14.6. The van der Waals surface area contributed by atoms with Gasteiger partial charge in [-0.25, -0.2) is 0 Å². The van der Waals surface area contributed by atoms with Gasteiger partial charge in [-0.1, -0.05) is 13.0 Å². The van der Waals surface area contributed by atoms with Crippen LogP contribution in [0.2, 0.25) is 19.6 Å². The van der Waals surface area contributed by atoms with Crippen molar-refractivity contribution in [1.29, 1.82) is 0 Å². The first-order valence-corrected chi connectivity index (χ1v) is 10.2. The molecule has 0 bridgehead atoms. The molecule has 98 valence electrons. The van der Waals surface area contributed by atoms with Gasteiger partial charge in [-0.15, -0.1) is 6.58 Å². The van der Waals surface area contributed by atoms with Crippen LogP contribution in [0.1, 0.15) is 46.0 Å². The summed E-state index contributed by atoms with van der Waals surface area (Å²) in [6, 6.07) is 0. The third-order valence-electron chi connectivity index (χ3n) is 3.79. The van der Waals surface area contributed by atoms with E-state index in [1.807, 2.05) is 6.08 Å². The van der Waals surface area contributed by atoms with Crippen molar-refractivity contribution in [1.82, 2.24) is 0 Å². The minimum atomic E-state index is -1.44. The molecule has 0 amide bonds. The summed E-state index contributed by atoms with van der Waals surface area (Å²) in [7, 11) is -1.44. The molecule has 1 aliphatic carbocycles. The Balaban J connectivity index is 2.68. The zero-order valence-electron chi connectivity index (χ0n) is 12.2. The summed E-state index contributed by atoms with van der Waals surface area (Å²) >= 11 is 0. The quantitative estimate of drug-likeness (QED) is 0.355. The molecule has 2 heteroatoms. The van der Waals surface area contributed by atoms with E-state index < -0.39 is 8.32 Å². The first-order valence-electron chi connectivity index (χ1n) is 6.79. The smallest absolute Gasteiger partial charge is 0.241 e. The van der Waals surface area contributed by atoms with Gasteiger partial charge in [0.05, 0.1) is 5.76 Å². The molecule has 1 aliphatic rings. The van der Waals surface area contributed by atoms with E-state index in [4.69, 9.17) is 4.43 Å². The van der Waals surface area contributed by atoms with Crippen molar-refractivity contribution in [3.63, 3.8) is 0 Å². The van der Waals surface area contributed by atoms with Crippen molar-refractivity contribution < 1.29 is 4.43 Å². The summed E-state index contributed by atoms with van der Waals surface area (Å²) in [5, 5.41) is 0. The van der Waals surface area contributed by atoms with Gasteiger partial charge in [0.2, 0.25) is 8.32 Å². The van der Waals surface area contributed by atoms with Crippen molar-refractivity contribution in [2.24, 2.45) is 5.41 Å². The lowest BCUT2D eigenvalue weighted by atomic mass is 9.79. The van der Waals surface area contributed by atoms with Gasteiger partial charge in [0.15, 0.2) is 0 Å². The molecule has 0 saturated carbocycles. The third kappa shape index (κ3) is 4.02. The van der Waals surface area contributed by atoms with Crippen LogP contribution in [0.15, 0.2) is 24.0 Å². The molecule has 0 saturated heterocycles. The van der Waals surface area contributed by atoms with Gasteiger partial charge in [0, 0.05) is 6.42 Å². The van der Waals surface area contributed by atoms with Crippen molar-refractivity contribution >= 4 is 8.32 Å². The van der Waals surface area contributed by atoms with Crippen molar-refractivity contribution in [3.05, 3.63) is 24.0 Å². The molecule has 0 aliphatic heterocycles. The van der Waals surface area contributed by atoms with Crippen molar-refractivity contribution in [2.45, 2.75) is 65.6 Å². The molecule has 0 aromatic heterocycles. The Hall–Kier alpha value is -0.503. The fourth-order valence-corrected chi connectivity index (χ4v) is 3.54. The molecule has 1 atom stereocenters. The monoisotopic (exact) mass is 252 g/mol. The molecular weight excluding hydrogens is 224 g/mol. The van der Waals surface area contributed by atoms with E-state index in [2.05, 4.69) is 40.1 Å². The fourth-order valence-electron chi connectivity index (χ4n) is 2.55. The molecule has 0 heterocycles. The normalized spacial score (nSPS) is 25.2. The highest BCUT2D eigenvalue weighted by Gasteiger charge is 2.35. The summed E-state index contributed by atoms with van der Waals surface area (Å²) in [5.74, 6) is 1.30. The SMILES string of the molecule is C=CCCCC1(C)CCC(O[Si](C)(C)C)=C1C. The average Bonchev–Trinajstić information content (AvgIpc) is 2.45. The van der Waals surface area contributed by atoms with E-state index in [9.17, 15) is 0 Å². The van der Waals surface area contributed by atoms with Gasteiger partial charge in [-0.05, 0) is 63.2 Å². The molecule has 0 spiro atoms. The fraction of sp³-hybridized carbons (Fsp3) is 0.733. The van der Waals surface area contributed by atoms with Crippen molar-refractivity contribution in [3.8, 4) is 0 Å². The Morgan fingerprint density at radius 3 is 2.59 bits per heavy atom. The zero-order chi connectivity index (χ0) is 13.1. The molecule has 0 fully saturated rings. The number of hydrogen-bond acceptors (Lipinski definition) is 1. The molecule has 1 unspecified atom stereocenters. The van der Waals surface area contributed by atoms with Crippen LogP contribution in [0.25, 0.3) is 0 Å². The number of allylic oxidation sites excluding steroid dienone is 3. The number of rotatable bonds is 6. The lowest BCUT2D eigenvalue weighted by Gasteiger charge is -2.26. The van der Waals surface area contributed by atoms with E-state index in [-0.39, 0.29) is 0 Å². The largest absolute Gasteiger partial charge is 0.547 e. The van der Waals surface area contributed by atoms with Crippen LogP contribution < -0.4 is 0 Å². The first-order chi connectivity index (χ1) is 7.78. The van der Waals surface area contributed by atoms with Crippen LogP contribution in [0.4, 0.5) is 0 Å². The predicted molar refractivity (Wildman–Crippen MR) is 78.5 cm³/mol. The molecule has 0 aromatic carbocycles. The maximum atomic E-state index is 6.21.